The average molecular weight is 592 g/mol. The molecule has 0 aliphatic carbocycles. The molecule has 2 aromatic carbocycles. The molecule has 0 aliphatic rings. The highest BCUT2D eigenvalue weighted by Crippen LogP contribution is 2.18. The first-order chi connectivity index (χ1) is 16.3. The number of fused-ring (bicyclic) bond motifs is 1. The highest BCUT2D eigenvalue weighted by atomic mass is 79.9. The summed E-state index contributed by atoms with van der Waals surface area (Å²) in [6, 6.07) is 14.7. The van der Waals surface area contributed by atoms with E-state index in [2.05, 4.69) is 52.4 Å². The number of H-pyrrole nitrogens is 1. The monoisotopic (exact) mass is 590 g/mol. The number of hydrogen-bond donors (Lipinski definition) is 3. The van der Waals surface area contributed by atoms with Gasteiger partial charge in [0.1, 0.15) is 18.5 Å². The van der Waals surface area contributed by atoms with Gasteiger partial charge in [0.15, 0.2) is 11.2 Å². The van der Waals surface area contributed by atoms with Crippen molar-refractivity contribution in [3.8, 4) is 5.75 Å². The van der Waals surface area contributed by atoms with Gasteiger partial charge in [-0.3, -0.25) is 14.3 Å². The Hall–Kier alpha value is -3.22. The van der Waals surface area contributed by atoms with Gasteiger partial charge in [0.2, 0.25) is 5.95 Å². The molecule has 0 saturated heterocycles. The average Bonchev–Trinajstić information content (AvgIpc) is 3.17. The van der Waals surface area contributed by atoms with Gasteiger partial charge in [0.25, 0.3) is 5.56 Å². The van der Waals surface area contributed by atoms with E-state index in [0.29, 0.717) is 5.75 Å². The molecule has 0 fully saturated rings. The van der Waals surface area contributed by atoms with Gasteiger partial charge in [-0.1, -0.05) is 44.0 Å². The van der Waals surface area contributed by atoms with Gasteiger partial charge in [-0.2, -0.15) is 10.1 Å². The van der Waals surface area contributed by atoms with E-state index in [1.54, 1.807) is 18.3 Å². The molecule has 4 aromatic rings. The van der Waals surface area contributed by atoms with Crippen LogP contribution in [-0.2, 0) is 13.6 Å². The van der Waals surface area contributed by atoms with Crippen LogP contribution < -0.4 is 21.4 Å². The second kappa shape index (κ2) is 10.4. The number of aliphatic hydroxyl groups is 1. The molecule has 4 rings (SSSR count). The molecule has 3 N–H and O–H groups in total. The lowest BCUT2D eigenvalue weighted by atomic mass is 10.2. The number of halogens is 2. The van der Waals surface area contributed by atoms with E-state index in [1.807, 2.05) is 36.4 Å². The van der Waals surface area contributed by atoms with Crippen LogP contribution in [0.4, 0.5) is 5.95 Å². The minimum atomic E-state index is -0.978. The van der Waals surface area contributed by atoms with E-state index in [4.69, 9.17) is 4.74 Å². The summed E-state index contributed by atoms with van der Waals surface area (Å²) < 4.78 is 10.2. The predicted octanol–water partition coefficient (Wildman–Crippen LogP) is 2.83. The molecule has 0 bridgehead atoms. The fourth-order valence-corrected chi connectivity index (χ4v) is 3.73. The molecule has 0 spiro atoms. The van der Waals surface area contributed by atoms with Gasteiger partial charge in [-0.25, -0.2) is 10.2 Å². The minimum Gasteiger partial charge on any atom is -0.491 e. The molecule has 1 unspecified atom stereocenters. The maximum Gasteiger partial charge on any atom is 0.329 e. The molecule has 34 heavy (non-hydrogen) atoms. The molecule has 176 valence electrons. The van der Waals surface area contributed by atoms with Gasteiger partial charge in [-0.05, 0) is 42.0 Å². The van der Waals surface area contributed by atoms with Crippen molar-refractivity contribution >= 4 is 55.2 Å². The van der Waals surface area contributed by atoms with Crippen LogP contribution in [0.2, 0.25) is 0 Å². The van der Waals surface area contributed by atoms with E-state index in [9.17, 15) is 14.7 Å². The fourth-order valence-electron chi connectivity index (χ4n) is 3.20. The molecular weight excluding hydrogens is 572 g/mol. The van der Waals surface area contributed by atoms with Crippen LogP contribution in [0.3, 0.4) is 0 Å². The number of hydrazone groups is 1. The zero-order chi connectivity index (χ0) is 24.2. The van der Waals surface area contributed by atoms with Crippen molar-refractivity contribution in [3.05, 3.63) is 83.9 Å². The molecule has 1 atom stereocenters. The zero-order valence-corrected chi connectivity index (χ0v) is 21.1. The van der Waals surface area contributed by atoms with Crippen LogP contribution in [0.1, 0.15) is 5.56 Å². The Balaban J connectivity index is 1.60. The number of hydrogen-bond acceptors (Lipinski definition) is 7. The number of ether oxygens (including phenoxy) is 1. The summed E-state index contributed by atoms with van der Waals surface area (Å²) in [7, 11) is 1.50. The summed E-state index contributed by atoms with van der Waals surface area (Å²) >= 11 is 6.74. The summed E-state index contributed by atoms with van der Waals surface area (Å²) in [5.74, 6) is 0.785. The van der Waals surface area contributed by atoms with Crippen molar-refractivity contribution in [3.63, 3.8) is 0 Å². The number of aromatic amines is 1. The Morgan fingerprint density at radius 1 is 1.15 bits per heavy atom. The van der Waals surface area contributed by atoms with E-state index in [0.717, 1.165) is 14.5 Å². The van der Waals surface area contributed by atoms with E-state index >= 15 is 0 Å². The number of anilines is 1. The topological polar surface area (TPSA) is 127 Å². The fraction of sp³-hybridized carbons (Fsp3) is 0.182. The number of aryl methyl sites for hydroxylation is 1. The number of aromatic nitrogens is 4. The van der Waals surface area contributed by atoms with Gasteiger partial charge in [0.05, 0.1) is 12.8 Å². The van der Waals surface area contributed by atoms with Gasteiger partial charge < -0.3 is 14.4 Å². The largest absolute Gasteiger partial charge is 0.491 e. The Labute approximate surface area is 210 Å². The van der Waals surface area contributed by atoms with Gasteiger partial charge in [-0.15, -0.1) is 0 Å². The highest BCUT2D eigenvalue weighted by Gasteiger charge is 2.20. The first kappa shape index (κ1) is 23.9. The number of aliphatic hydroxyl groups excluding tert-OH is 1. The molecule has 0 aliphatic heterocycles. The van der Waals surface area contributed by atoms with Crippen molar-refractivity contribution in [2.24, 2.45) is 12.1 Å². The standard InChI is InChI=1S/C22H20Br2N6O4/c1-29-19-18(20(32)27-22(29)33)30(11-16(31)12-34-17-8-6-15(24)7-9-17)21(26-19)28-25-10-13-2-4-14(23)5-3-13/h2-10,16,31H,11-12H2,1H3,(H,26,28)(H,27,32,33)/b25-10+. The maximum atomic E-state index is 12.6. The first-order valence-electron chi connectivity index (χ1n) is 10.1. The Morgan fingerprint density at radius 2 is 1.79 bits per heavy atom. The summed E-state index contributed by atoms with van der Waals surface area (Å²) in [4.78, 5) is 31.3. The predicted molar refractivity (Wildman–Crippen MR) is 137 cm³/mol. The third-order valence-electron chi connectivity index (χ3n) is 4.90. The second-order valence-electron chi connectivity index (χ2n) is 7.38. The van der Waals surface area contributed by atoms with Crippen molar-refractivity contribution in [2.75, 3.05) is 12.0 Å². The number of nitrogens with zero attached hydrogens (tertiary/aromatic N) is 4. The molecule has 2 heterocycles. The quantitative estimate of drug-likeness (QED) is 0.214. The third-order valence-corrected chi connectivity index (χ3v) is 5.96. The SMILES string of the molecule is Cn1c(=O)[nH]c(=O)c2c1nc(N/N=C/c1ccc(Br)cc1)n2CC(O)COc1ccc(Br)cc1. The van der Waals surface area contributed by atoms with Gasteiger partial charge in [0, 0.05) is 16.0 Å². The van der Waals surface area contributed by atoms with Crippen molar-refractivity contribution < 1.29 is 9.84 Å². The Bertz CT molecular complexity index is 1440. The number of nitrogens with one attached hydrogen (secondary N) is 2. The Kier molecular flexibility index (Phi) is 7.29. The molecule has 0 radical (unpaired) electrons. The Morgan fingerprint density at radius 3 is 2.47 bits per heavy atom. The molecule has 12 heteroatoms. The van der Waals surface area contributed by atoms with Crippen LogP contribution in [0.5, 0.6) is 5.75 Å². The summed E-state index contributed by atoms with van der Waals surface area (Å²) in [6.07, 6.45) is 0.612. The zero-order valence-electron chi connectivity index (χ0n) is 17.9. The normalized spacial score (nSPS) is 12.4. The van der Waals surface area contributed by atoms with E-state index in [1.165, 1.54) is 16.2 Å². The first-order valence-corrected chi connectivity index (χ1v) is 11.7. The molecule has 10 nitrogen and oxygen atoms in total. The number of imidazole rings is 1. The van der Waals surface area contributed by atoms with Crippen LogP contribution >= 0.6 is 31.9 Å². The van der Waals surface area contributed by atoms with Crippen LogP contribution in [0.25, 0.3) is 11.2 Å². The van der Waals surface area contributed by atoms with E-state index < -0.39 is 17.4 Å². The molecule has 0 saturated carbocycles. The van der Waals surface area contributed by atoms with Crippen LogP contribution in [0.15, 0.2) is 72.2 Å². The lowest BCUT2D eigenvalue weighted by Gasteiger charge is -2.15. The summed E-state index contributed by atoms with van der Waals surface area (Å²) in [6.45, 7) is -0.0446. The molecular formula is C22H20Br2N6O4. The second-order valence-corrected chi connectivity index (χ2v) is 9.21. The maximum absolute atomic E-state index is 12.6. The van der Waals surface area contributed by atoms with Crippen molar-refractivity contribution in [2.45, 2.75) is 12.6 Å². The lowest BCUT2D eigenvalue weighted by molar-refractivity contribution is 0.0938. The smallest absolute Gasteiger partial charge is 0.329 e. The summed E-state index contributed by atoms with van der Waals surface area (Å²) in [5.41, 5.74) is 2.74. The van der Waals surface area contributed by atoms with Crippen LogP contribution in [0, 0.1) is 0 Å². The third kappa shape index (κ3) is 5.46. The molecule has 2 aromatic heterocycles. The lowest BCUT2D eigenvalue weighted by Crippen LogP contribution is -2.30. The summed E-state index contributed by atoms with van der Waals surface area (Å²) in [5, 5.41) is 14.8. The van der Waals surface area contributed by atoms with Crippen molar-refractivity contribution in [1.29, 1.82) is 0 Å². The molecule has 0 amide bonds. The highest BCUT2D eigenvalue weighted by molar-refractivity contribution is 9.10. The number of rotatable bonds is 8. The number of benzene rings is 2. The minimum absolute atomic E-state index is 0.0213. The van der Waals surface area contributed by atoms with Crippen LogP contribution in [-0.4, -0.2) is 43.1 Å². The van der Waals surface area contributed by atoms with Crippen molar-refractivity contribution in [1.82, 2.24) is 19.1 Å². The van der Waals surface area contributed by atoms with E-state index in [-0.39, 0.29) is 30.3 Å². The van der Waals surface area contributed by atoms with Gasteiger partial charge >= 0.3 is 5.69 Å².